The number of carbonyl (C=O) groups excluding carboxylic acids is 1. The van der Waals surface area contributed by atoms with Crippen molar-refractivity contribution < 1.29 is 4.79 Å². The van der Waals surface area contributed by atoms with Gasteiger partial charge in [-0.05, 0) is 88.7 Å². The number of aromatic amines is 1. The topological polar surface area (TPSA) is 86.3 Å². The quantitative estimate of drug-likeness (QED) is 0.397. The molecule has 4 aromatic rings. The average Bonchev–Trinajstić information content (AvgIpc) is 3.23. The van der Waals surface area contributed by atoms with E-state index in [1.54, 1.807) is 0 Å². The smallest absolute Gasteiger partial charge is 0.272 e. The van der Waals surface area contributed by atoms with E-state index in [1.807, 2.05) is 39.1 Å². The number of piperazine rings is 1. The van der Waals surface area contributed by atoms with E-state index in [-0.39, 0.29) is 23.2 Å². The highest BCUT2D eigenvalue weighted by Gasteiger charge is 2.21. The van der Waals surface area contributed by atoms with Gasteiger partial charge in [0, 0.05) is 72.3 Å². The van der Waals surface area contributed by atoms with Crippen LogP contribution in [0.5, 0.6) is 0 Å². The Morgan fingerprint density at radius 2 is 1.74 bits per heavy atom. The lowest BCUT2D eigenvalue weighted by atomic mass is 9.98. The molecule has 4 heterocycles. The largest absolute Gasteiger partial charge is 0.354 e. The number of anilines is 2. The van der Waals surface area contributed by atoms with Gasteiger partial charge in [0.05, 0.1) is 0 Å². The lowest BCUT2D eigenvalue weighted by molar-refractivity contribution is 0.102. The number of H-pyrrole nitrogens is 1. The number of fused-ring (bicyclic) bond motifs is 1. The van der Waals surface area contributed by atoms with Gasteiger partial charge in [-0.3, -0.25) is 9.59 Å². The zero-order valence-electron chi connectivity index (χ0n) is 23.1. The molecular weight excluding hydrogens is 476 g/mol. The second kappa shape index (κ2) is 10.1. The molecule has 198 valence electrons. The molecule has 0 radical (unpaired) electrons. The molecule has 2 N–H and O–H groups in total. The zero-order valence-corrected chi connectivity index (χ0v) is 23.1. The van der Waals surface area contributed by atoms with Gasteiger partial charge in [0.15, 0.2) is 0 Å². The van der Waals surface area contributed by atoms with Crippen LogP contribution in [0, 0.1) is 20.8 Å². The molecule has 3 aromatic heterocycles. The van der Waals surface area contributed by atoms with Gasteiger partial charge < -0.3 is 24.7 Å². The lowest BCUT2D eigenvalue weighted by Crippen LogP contribution is -2.44. The monoisotopic (exact) mass is 512 g/mol. The summed E-state index contributed by atoms with van der Waals surface area (Å²) in [6.07, 6.45) is 3.98. The normalized spacial score (nSPS) is 14.4. The summed E-state index contributed by atoms with van der Waals surface area (Å²) in [6.45, 7) is 13.9. The fraction of sp³-hybridized carbons (Fsp3) is 0.367. The maximum Gasteiger partial charge on any atom is 0.272 e. The molecule has 1 amide bonds. The molecule has 1 saturated heterocycles. The van der Waals surface area contributed by atoms with Crippen molar-refractivity contribution in [3.63, 3.8) is 0 Å². The van der Waals surface area contributed by atoms with Crippen molar-refractivity contribution in [1.82, 2.24) is 19.4 Å². The maximum absolute atomic E-state index is 13.7. The Labute approximate surface area is 223 Å². The van der Waals surface area contributed by atoms with Crippen molar-refractivity contribution in [3.8, 4) is 11.1 Å². The number of likely N-dealkylation sites (N-methyl/N-ethyl adjacent to an activating group) is 1. The Bertz CT molecular complexity index is 1560. The molecule has 0 unspecified atom stereocenters. The Morgan fingerprint density at radius 1 is 1.00 bits per heavy atom. The number of pyridine rings is 2. The molecule has 1 aliphatic rings. The van der Waals surface area contributed by atoms with Gasteiger partial charge in [-0.1, -0.05) is 0 Å². The van der Waals surface area contributed by atoms with Crippen LogP contribution in [-0.4, -0.2) is 58.6 Å². The van der Waals surface area contributed by atoms with Gasteiger partial charge in [0.2, 0.25) is 0 Å². The van der Waals surface area contributed by atoms with Gasteiger partial charge in [0.25, 0.3) is 11.5 Å². The van der Waals surface area contributed by atoms with Crippen LogP contribution in [0.3, 0.4) is 0 Å². The van der Waals surface area contributed by atoms with E-state index < -0.39 is 0 Å². The number of carbonyl (C=O) groups is 1. The molecule has 38 heavy (non-hydrogen) atoms. The minimum Gasteiger partial charge on any atom is -0.354 e. The van der Waals surface area contributed by atoms with Gasteiger partial charge >= 0.3 is 0 Å². The Kier molecular flexibility index (Phi) is 6.84. The molecule has 5 rings (SSSR count). The predicted octanol–water partition coefficient (Wildman–Crippen LogP) is 4.90. The summed E-state index contributed by atoms with van der Waals surface area (Å²) in [4.78, 5) is 38.5. The number of rotatable bonds is 5. The predicted molar refractivity (Wildman–Crippen MR) is 154 cm³/mol. The second-order valence-electron chi connectivity index (χ2n) is 10.7. The molecule has 0 spiro atoms. The van der Waals surface area contributed by atoms with Crippen molar-refractivity contribution in [3.05, 3.63) is 75.5 Å². The average molecular weight is 513 g/mol. The molecule has 8 nitrogen and oxygen atoms in total. The zero-order chi connectivity index (χ0) is 27.1. The van der Waals surface area contributed by atoms with E-state index >= 15 is 0 Å². The van der Waals surface area contributed by atoms with Crippen LogP contribution in [0.25, 0.3) is 22.0 Å². The van der Waals surface area contributed by atoms with Crippen molar-refractivity contribution in [1.29, 1.82) is 0 Å². The first kappa shape index (κ1) is 25.7. The van der Waals surface area contributed by atoms with Crippen LogP contribution >= 0.6 is 0 Å². The van der Waals surface area contributed by atoms with Crippen LogP contribution in [0.4, 0.5) is 11.5 Å². The lowest BCUT2D eigenvalue weighted by Gasteiger charge is -2.33. The molecule has 0 bridgehead atoms. The molecule has 1 aromatic carbocycles. The standard InChI is InChI=1S/C30H36N6O2/c1-18(2)36-17-20(4)27-24(29(37)33-28-19(3)13-21(5)32-30(28)38)14-23(15-25(27)36)22-7-8-26(31-16-22)35-11-9-34(6)10-12-35/h7-8,13-18H,9-12H2,1-6H3,(H,32,38)(H,33,37). The summed E-state index contributed by atoms with van der Waals surface area (Å²) in [5, 5.41) is 3.79. The molecule has 0 atom stereocenters. The Hall–Kier alpha value is -3.91. The first-order chi connectivity index (χ1) is 18.1. The summed E-state index contributed by atoms with van der Waals surface area (Å²) >= 11 is 0. The number of benzene rings is 1. The highest BCUT2D eigenvalue weighted by Crippen LogP contribution is 2.33. The van der Waals surface area contributed by atoms with E-state index in [0.717, 1.165) is 70.8 Å². The van der Waals surface area contributed by atoms with Crippen LogP contribution < -0.4 is 15.8 Å². The number of hydrogen-bond donors (Lipinski definition) is 2. The third-order valence-corrected chi connectivity index (χ3v) is 7.44. The summed E-state index contributed by atoms with van der Waals surface area (Å²) in [7, 11) is 2.14. The fourth-order valence-corrected chi connectivity index (χ4v) is 5.33. The molecular formula is C30H36N6O2. The second-order valence-corrected chi connectivity index (χ2v) is 10.7. The number of nitrogens with one attached hydrogen (secondary N) is 2. The summed E-state index contributed by atoms with van der Waals surface area (Å²) in [6, 6.07) is 10.3. The molecule has 0 aliphatic carbocycles. The first-order valence-corrected chi connectivity index (χ1v) is 13.2. The van der Waals surface area contributed by atoms with Crippen LogP contribution in [0.15, 0.2) is 47.5 Å². The van der Waals surface area contributed by atoms with E-state index in [2.05, 4.69) is 70.0 Å². The number of amides is 1. The SMILES string of the molecule is Cc1cc(C)c(NC(=O)c2cc(-c3ccc(N4CCN(C)CC4)nc3)cc3c2c(C)cn3C(C)C)c(=O)[nH]1. The van der Waals surface area contributed by atoms with E-state index in [4.69, 9.17) is 4.98 Å². The third-order valence-electron chi connectivity index (χ3n) is 7.44. The summed E-state index contributed by atoms with van der Waals surface area (Å²) in [5.74, 6) is 0.664. The minimum atomic E-state index is -0.305. The maximum atomic E-state index is 13.7. The van der Waals surface area contributed by atoms with Crippen molar-refractivity contribution in [2.75, 3.05) is 43.4 Å². The van der Waals surface area contributed by atoms with Crippen molar-refractivity contribution in [2.45, 2.75) is 40.7 Å². The summed E-state index contributed by atoms with van der Waals surface area (Å²) in [5.41, 5.74) is 5.85. The number of nitrogens with zero attached hydrogens (tertiary/aromatic N) is 4. The van der Waals surface area contributed by atoms with E-state index in [9.17, 15) is 9.59 Å². The molecule has 0 saturated carbocycles. The van der Waals surface area contributed by atoms with E-state index in [0.29, 0.717) is 5.56 Å². The van der Waals surface area contributed by atoms with Crippen molar-refractivity contribution >= 4 is 28.3 Å². The van der Waals surface area contributed by atoms with Crippen LogP contribution in [0.1, 0.15) is 47.1 Å². The van der Waals surface area contributed by atoms with Gasteiger partial charge in [-0.2, -0.15) is 0 Å². The highest BCUT2D eigenvalue weighted by atomic mass is 16.2. The van der Waals surface area contributed by atoms with Gasteiger partial charge in [-0.25, -0.2) is 4.98 Å². The molecule has 8 heteroatoms. The minimum absolute atomic E-state index is 0.220. The van der Waals surface area contributed by atoms with E-state index in [1.165, 1.54) is 0 Å². The Morgan fingerprint density at radius 3 is 2.37 bits per heavy atom. The molecule has 1 aliphatic heterocycles. The third kappa shape index (κ3) is 4.84. The fourth-order valence-electron chi connectivity index (χ4n) is 5.33. The van der Waals surface area contributed by atoms with Crippen LogP contribution in [0.2, 0.25) is 0 Å². The molecule has 1 fully saturated rings. The summed E-state index contributed by atoms with van der Waals surface area (Å²) < 4.78 is 2.20. The van der Waals surface area contributed by atoms with Gasteiger partial charge in [0.1, 0.15) is 11.5 Å². The first-order valence-electron chi connectivity index (χ1n) is 13.2. The number of aromatic nitrogens is 3. The van der Waals surface area contributed by atoms with Gasteiger partial charge in [-0.15, -0.1) is 0 Å². The number of hydrogen-bond acceptors (Lipinski definition) is 5. The Balaban J connectivity index is 1.57. The number of aryl methyl sites for hydroxylation is 3. The highest BCUT2D eigenvalue weighted by molar-refractivity contribution is 6.14. The van der Waals surface area contributed by atoms with Crippen LogP contribution in [-0.2, 0) is 0 Å². The van der Waals surface area contributed by atoms with Crippen molar-refractivity contribution in [2.24, 2.45) is 0 Å².